The minimum absolute atomic E-state index is 0.0352. The van der Waals surface area contributed by atoms with Gasteiger partial charge in [0.15, 0.2) is 10.9 Å². The zero-order chi connectivity index (χ0) is 21.1. The summed E-state index contributed by atoms with van der Waals surface area (Å²) < 4.78 is 2.90. The number of imidazole rings is 1. The van der Waals surface area contributed by atoms with E-state index in [-0.39, 0.29) is 11.7 Å². The molecule has 0 aliphatic rings. The number of Topliss-reactive ketones (excluding diaryl/α,β-unsaturated/α-hetero) is 1. The van der Waals surface area contributed by atoms with Crippen LogP contribution in [-0.4, -0.2) is 32.8 Å². The van der Waals surface area contributed by atoms with Gasteiger partial charge in [-0.3, -0.25) is 14.5 Å². The first-order chi connectivity index (χ1) is 14.5. The highest BCUT2D eigenvalue weighted by molar-refractivity contribution is 7.22. The van der Waals surface area contributed by atoms with Crippen molar-refractivity contribution < 1.29 is 9.59 Å². The fourth-order valence-corrected chi connectivity index (χ4v) is 4.43. The van der Waals surface area contributed by atoms with Crippen molar-refractivity contribution in [1.82, 2.24) is 14.5 Å². The summed E-state index contributed by atoms with van der Waals surface area (Å²) in [5.74, 6) is -0.196. The number of amides is 1. The third-order valence-electron chi connectivity index (χ3n) is 4.73. The van der Waals surface area contributed by atoms with Crippen LogP contribution in [0, 0.1) is 0 Å². The molecule has 0 N–H and O–H groups in total. The van der Waals surface area contributed by atoms with Gasteiger partial charge in [0.05, 0.1) is 16.0 Å². The van der Waals surface area contributed by atoms with E-state index in [0.717, 1.165) is 17.7 Å². The SMILES string of the molecule is CC(=O)c1ccc(C(=O)N(CCCn2ccnc2)c2nc3c(Cl)cccc3s2)cc1. The molecule has 0 unspecified atom stereocenters. The van der Waals surface area contributed by atoms with E-state index in [1.165, 1.54) is 18.3 Å². The van der Waals surface area contributed by atoms with E-state index in [2.05, 4.69) is 9.97 Å². The number of hydrogen-bond acceptors (Lipinski definition) is 5. The maximum absolute atomic E-state index is 13.3. The average Bonchev–Trinajstić information content (AvgIpc) is 3.41. The van der Waals surface area contributed by atoms with Gasteiger partial charge in [-0.25, -0.2) is 9.97 Å². The summed E-state index contributed by atoms with van der Waals surface area (Å²) in [6, 6.07) is 12.3. The topological polar surface area (TPSA) is 68.1 Å². The molecule has 4 rings (SSSR count). The molecule has 0 atom stereocenters. The van der Waals surface area contributed by atoms with Crippen molar-refractivity contribution in [3.63, 3.8) is 0 Å². The van der Waals surface area contributed by atoms with Crippen molar-refractivity contribution in [3.05, 3.63) is 77.3 Å². The summed E-state index contributed by atoms with van der Waals surface area (Å²) in [4.78, 5) is 35.3. The summed E-state index contributed by atoms with van der Waals surface area (Å²) in [5, 5.41) is 1.16. The fraction of sp³-hybridized carbons (Fsp3) is 0.182. The van der Waals surface area contributed by atoms with Crippen molar-refractivity contribution in [1.29, 1.82) is 0 Å². The molecular weight excluding hydrogens is 420 g/mol. The molecule has 30 heavy (non-hydrogen) atoms. The van der Waals surface area contributed by atoms with Gasteiger partial charge in [0.25, 0.3) is 5.91 Å². The van der Waals surface area contributed by atoms with E-state index < -0.39 is 0 Å². The summed E-state index contributed by atoms with van der Waals surface area (Å²) in [5.41, 5.74) is 1.77. The summed E-state index contributed by atoms with van der Waals surface area (Å²) in [7, 11) is 0. The fourth-order valence-electron chi connectivity index (χ4n) is 3.14. The lowest BCUT2D eigenvalue weighted by molar-refractivity contribution is 0.0982. The van der Waals surface area contributed by atoms with Crippen LogP contribution >= 0.6 is 22.9 Å². The number of fused-ring (bicyclic) bond motifs is 1. The number of anilines is 1. The first-order valence-electron chi connectivity index (χ1n) is 9.46. The number of carbonyl (C=O) groups excluding carboxylic acids is 2. The Bertz CT molecular complexity index is 1190. The number of aryl methyl sites for hydroxylation is 1. The van der Waals surface area contributed by atoms with E-state index in [1.54, 1.807) is 47.8 Å². The van der Waals surface area contributed by atoms with Gasteiger partial charge >= 0.3 is 0 Å². The standard InChI is InChI=1S/C22H19ClN4O2S/c1-15(28)16-6-8-17(9-7-16)21(29)27(12-3-11-26-13-10-24-14-26)22-25-20-18(23)4-2-5-19(20)30-22/h2,4-10,13-14H,3,11-12H2,1H3. The van der Waals surface area contributed by atoms with Crippen LogP contribution in [0.15, 0.2) is 61.2 Å². The Morgan fingerprint density at radius 2 is 1.90 bits per heavy atom. The van der Waals surface area contributed by atoms with Crippen molar-refractivity contribution in [2.45, 2.75) is 19.9 Å². The zero-order valence-corrected chi connectivity index (χ0v) is 17.9. The molecule has 2 heterocycles. The molecule has 0 aliphatic heterocycles. The molecule has 6 nitrogen and oxygen atoms in total. The molecule has 1 amide bonds. The van der Waals surface area contributed by atoms with Crippen LogP contribution < -0.4 is 4.90 Å². The predicted octanol–water partition coefficient (Wildman–Crippen LogP) is 5.09. The molecule has 0 radical (unpaired) electrons. The maximum Gasteiger partial charge on any atom is 0.260 e. The minimum Gasteiger partial charge on any atom is -0.337 e. The molecule has 0 saturated carbocycles. The molecule has 8 heteroatoms. The van der Waals surface area contributed by atoms with Crippen LogP contribution in [0.3, 0.4) is 0 Å². The third-order valence-corrected chi connectivity index (χ3v) is 6.08. The molecule has 4 aromatic rings. The van der Waals surface area contributed by atoms with Crippen LogP contribution in [0.25, 0.3) is 10.2 Å². The minimum atomic E-state index is -0.161. The number of halogens is 1. The van der Waals surface area contributed by atoms with Gasteiger partial charge in [-0.2, -0.15) is 0 Å². The lowest BCUT2D eigenvalue weighted by Crippen LogP contribution is -2.32. The lowest BCUT2D eigenvalue weighted by Gasteiger charge is -2.20. The van der Waals surface area contributed by atoms with Crippen molar-refractivity contribution in [2.24, 2.45) is 0 Å². The van der Waals surface area contributed by atoms with Crippen molar-refractivity contribution in [2.75, 3.05) is 11.4 Å². The van der Waals surface area contributed by atoms with Gasteiger partial charge in [-0.1, -0.05) is 41.1 Å². The molecule has 2 aromatic carbocycles. The number of rotatable bonds is 7. The highest BCUT2D eigenvalue weighted by Gasteiger charge is 2.22. The second-order valence-corrected chi connectivity index (χ2v) is 8.24. The van der Waals surface area contributed by atoms with Gasteiger partial charge in [0.2, 0.25) is 0 Å². The quantitative estimate of drug-likeness (QED) is 0.377. The smallest absolute Gasteiger partial charge is 0.260 e. The highest BCUT2D eigenvalue weighted by Crippen LogP contribution is 2.33. The van der Waals surface area contributed by atoms with Crippen LogP contribution in [0.5, 0.6) is 0 Å². The zero-order valence-electron chi connectivity index (χ0n) is 16.3. The molecule has 2 aromatic heterocycles. The number of aromatic nitrogens is 3. The first-order valence-corrected chi connectivity index (χ1v) is 10.7. The monoisotopic (exact) mass is 438 g/mol. The number of nitrogens with zero attached hydrogens (tertiary/aromatic N) is 4. The Morgan fingerprint density at radius 1 is 1.13 bits per heavy atom. The van der Waals surface area contributed by atoms with E-state index >= 15 is 0 Å². The lowest BCUT2D eigenvalue weighted by atomic mass is 10.1. The van der Waals surface area contributed by atoms with Gasteiger partial charge in [-0.15, -0.1) is 0 Å². The number of ketones is 1. The predicted molar refractivity (Wildman–Crippen MR) is 120 cm³/mol. The Labute approximate surface area is 182 Å². The first kappa shape index (κ1) is 20.3. The van der Waals surface area contributed by atoms with E-state index in [0.29, 0.717) is 33.3 Å². The van der Waals surface area contributed by atoms with E-state index in [9.17, 15) is 9.59 Å². The number of para-hydroxylation sites is 1. The van der Waals surface area contributed by atoms with Gasteiger partial charge in [0.1, 0.15) is 5.52 Å². The van der Waals surface area contributed by atoms with E-state index in [1.807, 2.05) is 22.9 Å². The molecule has 0 bridgehead atoms. The van der Waals surface area contributed by atoms with Crippen molar-refractivity contribution in [3.8, 4) is 0 Å². The number of thiazole rings is 1. The Kier molecular flexibility index (Phi) is 5.92. The van der Waals surface area contributed by atoms with Crippen LogP contribution in [0.4, 0.5) is 5.13 Å². The number of benzene rings is 2. The number of hydrogen-bond donors (Lipinski definition) is 0. The molecule has 0 saturated heterocycles. The molecule has 0 aliphatic carbocycles. The second kappa shape index (κ2) is 8.77. The van der Waals surface area contributed by atoms with Crippen LogP contribution in [-0.2, 0) is 6.54 Å². The summed E-state index contributed by atoms with van der Waals surface area (Å²) in [6.07, 6.45) is 6.11. The molecule has 0 fully saturated rings. The molecule has 152 valence electrons. The van der Waals surface area contributed by atoms with Gasteiger partial charge in [-0.05, 0) is 37.6 Å². The third kappa shape index (κ3) is 4.27. The maximum atomic E-state index is 13.3. The Morgan fingerprint density at radius 3 is 2.57 bits per heavy atom. The van der Waals surface area contributed by atoms with Crippen LogP contribution in [0.2, 0.25) is 5.02 Å². The average molecular weight is 439 g/mol. The van der Waals surface area contributed by atoms with Crippen LogP contribution in [0.1, 0.15) is 34.1 Å². The Balaban J connectivity index is 1.63. The van der Waals surface area contributed by atoms with Gasteiger partial charge in [0, 0.05) is 36.6 Å². The van der Waals surface area contributed by atoms with Gasteiger partial charge < -0.3 is 4.57 Å². The molecule has 0 spiro atoms. The largest absolute Gasteiger partial charge is 0.337 e. The molecular formula is C22H19ClN4O2S. The van der Waals surface area contributed by atoms with Crippen molar-refractivity contribution >= 4 is 50.0 Å². The number of carbonyl (C=O) groups is 2. The normalized spacial score (nSPS) is 11.0. The summed E-state index contributed by atoms with van der Waals surface area (Å²) >= 11 is 7.72. The highest BCUT2D eigenvalue weighted by atomic mass is 35.5. The second-order valence-electron chi connectivity index (χ2n) is 6.83. The summed E-state index contributed by atoms with van der Waals surface area (Å²) in [6.45, 7) is 2.73. The Hall–Kier alpha value is -3.03. The van der Waals surface area contributed by atoms with E-state index in [4.69, 9.17) is 11.6 Å².